The highest BCUT2D eigenvalue weighted by Crippen LogP contribution is 2.33. The summed E-state index contributed by atoms with van der Waals surface area (Å²) in [4.78, 5) is 2.21. The van der Waals surface area contributed by atoms with Gasteiger partial charge in [0.05, 0.1) is 17.0 Å². The van der Waals surface area contributed by atoms with Crippen LogP contribution >= 0.6 is 0 Å². The third kappa shape index (κ3) is 3.37. The lowest BCUT2D eigenvalue weighted by Crippen LogP contribution is -2.54. The molecule has 0 amide bonds. The summed E-state index contributed by atoms with van der Waals surface area (Å²) in [5.74, 6) is -0.953. The van der Waals surface area contributed by atoms with Crippen LogP contribution in [0.1, 0.15) is 42.1 Å². The Labute approximate surface area is 167 Å². The minimum Gasteiger partial charge on any atom is -0.326 e. The van der Waals surface area contributed by atoms with Gasteiger partial charge in [0.15, 0.2) is 0 Å². The van der Waals surface area contributed by atoms with Crippen LogP contribution in [0.25, 0.3) is 0 Å². The van der Waals surface area contributed by atoms with E-state index < -0.39 is 27.7 Å². The first kappa shape index (κ1) is 19.1. The van der Waals surface area contributed by atoms with Crippen LogP contribution in [-0.2, 0) is 23.1 Å². The maximum atomic E-state index is 14.1. The lowest BCUT2D eigenvalue weighted by Gasteiger charge is -2.39. The van der Waals surface area contributed by atoms with Gasteiger partial charge in [-0.05, 0) is 37.5 Å². The van der Waals surface area contributed by atoms with Crippen molar-refractivity contribution in [2.45, 2.75) is 55.7 Å². The fourth-order valence-corrected chi connectivity index (χ4v) is 5.90. The SMILES string of the molecule is NC1CC(N2Cc3cn(S(=O)(=O)C4CC4)nc3C2)CN[C@@H]1c1cc(F)ccc1F. The molecule has 29 heavy (non-hydrogen) atoms. The predicted octanol–water partition coefficient (Wildman–Crippen LogP) is 1.25. The van der Waals surface area contributed by atoms with Crippen LogP contribution < -0.4 is 11.1 Å². The number of piperidine rings is 1. The van der Waals surface area contributed by atoms with Crippen LogP contribution in [0.15, 0.2) is 24.4 Å². The molecule has 1 aromatic carbocycles. The standard InChI is InChI=1S/C19H23F2N5O2S/c20-12-1-4-16(21)15(5-12)19-17(22)6-13(7-23-19)25-8-11-9-26(24-18(11)10-25)29(27,28)14-2-3-14/h1,4-5,9,13-14,17,19,23H,2-3,6-8,10,22H2/t13?,17?,19-/m1/s1. The molecule has 2 aromatic rings. The summed E-state index contributed by atoms with van der Waals surface area (Å²) in [6.07, 6.45) is 3.66. The first-order chi connectivity index (χ1) is 13.8. The van der Waals surface area contributed by atoms with Gasteiger partial charge in [0, 0.05) is 49.0 Å². The Bertz CT molecular complexity index is 1030. The third-order valence-electron chi connectivity index (χ3n) is 6.14. The minimum absolute atomic E-state index is 0.112. The van der Waals surface area contributed by atoms with Gasteiger partial charge in [-0.15, -0.1) is 0 Å². The van der Waals surface area contributed by atoms with E-state index in [-0.39, 0.29) is 22.9 Å². The molecule has 1 saturated carbocycles. The first-order valence-corrected chi connectivity index (χ1v) is 11.3. The average molecular weight is 423 g/mol. The highest BCUT2D eigenvalue weighted by atomic mass is 32.2. The summed E-state index contributed by atoms with van der Waals surface area (Å²) in [6, 6.07) is 2.72. The van der Waals surface area contributed by atoms with Gasteiger partial charge in [-0.3, -0.25) is 4.90 Å². The van der Waals surface area contributed by atoms with Crippen molar-refractivity contribution in [1.82, 2.24) is 19.4 Å². The van der Waals surface area contributed by atoms with Gasteiger partial charge in [-0.1, -0.05) is 0 Å². The van der Waals surface area contributed by atoms with E-state index in [1.807, 2.05) is 0 Å². The van der Waals surface area contributed by atoms with Crippen molar-refractivity contribution in [3.8, 4) is 0 Å². The van der Waals surface area contributed by atoms with Gasteiger partial charge >= 0.3 is 0 Å². The molecule has 2 fully saturated rings. The summed E-state index contributed by atoms with van der Waals surface area (Å²) in [5, 5.41) is 7.29. The molecule has 1 saturated heterocycles. The molecule has 3 atom stereocenters. The molecule has 0 radical (unpaired) electrons. The number of fused-ring (bicyclic) bond motifs is 1. The highest BCUT2D eigenvalue weighted by Gasteiger charge is 2.40. The normalized spacial score (nSPS) is 27.9. The van der Waals surface area contributed by atoms with Gasteiger partial charge in [0.1, 0.15) is 11.6 Å². The van der Waals surface area contributed by atoms with Crippen LogP contribution in [0.5, 0.6) is 0 Å². The van der Waals surface area contributed by atoms with Gasteiger partial charge in [0.25, 0.3) is 10.0 Å². The Morgan fingerprint density at radius 1 is 1.21 bits per heavy atom. The zero-order chi connectivity index (χ0) is 20.3. The second-order valence-electron chi connectivity index (χ2n) is 8.23. The van der Waals surface area contributed by atoms with Crippen molar-refractivity contribution in [1.29, 1.82) is 0 Å². The fraction of sp³-hybridized carbons (Fsp3) is 0.526. The van der Waals surface area contributed by atoms with Crippen LogP contribution in [0.3, 0.4) is 0 Å². The topological polar surface area (TPSA) is 93.2 Å². The number of hydrogen-bond donors (Lipinski definition) is 2. The van der Waals surface area contributed by atoms with E-state index in [4.69, 9.17) is 5.73 Å². The molecular formula is C19H23F2N5O2S. The summed E-state index contributed by atoms with van der Waals surface area (Å²) in [6.45, 7) is 1.74. The van der Waals surface area contributed by atoms with E-state index in [9.17, 15) is 17.2 Å². The van der Waals surface area contributed by atoms with Crippen LogP contribution in [0, 0.1) is 11.6 Å². The van der Waals surface area contributed by atoms with Crippen molar-refractivity contribution in [2.24, 2.45) is 5.73 Å². The maximum absolute atomic E-state index is 14.1. The molecule has 10 heteroatoms. The lowest BCUT2D eigenvalue weighted by molar-refractivity contribution is 0.137. The molecule has 2 aliphatic heterocycles. The van der Waals surface area contributed by atoms with E-state index in [0.717, 1.165) is 27.5 Å². The quantitative estimate of drug-likeness (QED) is 0.769. The van der Waals surface area contributed by atoms with E-state index in [0.29, 0.717) is 38.9 Å². The number of nitrogens with one attached hydrogen (secondary N) is 1. The fourth-order valence-electron chi connectivity index (χ4n) is 4.38. The molecule has 1 aromatic heterocycles. The summed E-state index contributed by atoms with van der Waals surface area (Å²) in [7, 11) is -3.35. The molecule has 3 N–H and O–H groups in total. The van der Waals surface area contributed by atoms with E-state index >= 15 is 0 Å². The van der Waals surface area contributed by atoms with Gasteiger partial charge < -0.3 is 11.1 Å². The summed E-state index contributed by atoms with van der Waals surface area (Å²) in [5.41, 5.74) is 8.26. The zero-order valence-corrected chi connectivity index (χ0v) is 16.6. The van der Waals surface area contributed by atoms with Gasteiger partial charge in [-0.2, -0.15) is 9.19 Å². The van der Waals surface area contributed by atoms with Gasteiger partial charge in [-0.25, -0.2) is 17.2 Å². The summed E-state index contributed by atoms with van der Waals surface area (Å²) < 4.78 is 53.5. The molecule has 156 valence electrons. The number of hydrogen-bond acceptors (Lipinski definition) is 6. The first-order valence-electron chi connectivity index (χ1n) is 9.82. The number of rotatable bonds is 4. The molecule has 5 rings (SSSR count). The summed E-state index contributed by atoms with van der Waals surface area (Å²) >= 11 is 0. The van der Waals surface area contributed by atoms with Crippen molar-refractivity contribution in [3.63, 3.8) is 0 Å². The Balaban J connectivity index is 1.26. The van der Waals surface area contributed by atoms with Crippen molar-refractivity contribution >= 4 is 10.0 Å². The predicted molar refractivity (Wildman–Crippen MR) is 102 cm³/mol. The zero-order valence-electron chi connectivity index (χ0n) is 15.8. The Morgan fingerprint density at radius 3 is 2.69 bits per heavy atom. The molecule has 7 nitrogen and oxygen atoms in total. The van der Waals surface area contributed by atoms with E-state index in [2.05, 4.69) is 15.3 Å². The second-order valence-corrected chi connectivity index (χ2v) is 10.3. The van der Waals surface area contributed by atoms with Gasteiger partial charge in [0.2, 0.25) is 0 Å². The van der Waals surface area contributed by atoms with Crippen LogP contribution in [0.4, 0.5) is 8.78 Å². The Kier molecular flexibility index (Phi) is 4.50. The highest BCUT2D eigenvalue weighted by molar-refractivity contribution is 7.90. The molecule has 0 bridgehead atoms. The van der Waals surface area contributed by atoms with Crippen molar-refractivity contribution in [2.75, 3.05) is 6.54 Å². The van der Waals surface area contributed by atoms with E-state index in [1.54, 1.807) is 6.20 Å². The third-order valence-corrected chi connectivity index (χ3v) is 8.17. The monoisotopic (exact) mass is 423 g/mol. The number of nitrogens with two attached hydrogens (primary N) is 1. The minimum atomic E-state index is -3.35. The molecule has 2 unspecified atom stereocenters. The molecule has 0 spiro atoms. The van der Waals surface area contributed by atoms with Crippen LogP contribution in [0.2, 0.25) is 0 Å². The Hall–Kier alpha value is -1.88. The second kappa shape index (κ2) is 6.83. The number of halogens is 2. The number of aromatic nitrogens is 2. The molecule has 1 aliphatic carbocycles. The number of nitrogens with zero attached hydrogens (tertiary/aromatic N) is 3. The average Bonchev–Trinajstić information content (AvgIpc) is 3.35. The largest absolute Gasteiger partial charge is 0.326 e. The van der Waals surface area contributed by atoms with Crippen molar-refractivity contribution < 1.29 is 17.2 Å². The maximum Gasteiger partial charge on any atom is 0.256 e. The smallest absolute Gasteiger partial charge is 0.256 e. The van der Waals surface area contributed by atoms with Crippen molar-refractivity contribution in [3.05, 3.63) is 52.9 Å². The molecule has 3 aliphatic rings. The molecule has 3 heterocycles. The van der Waals surface area contributed by atoms with E-state index in [1.165, 1.54) is 6.07 Å². The molecular weight excluding hydrogens is 400 g/mol. The Morgan fingerprint density at radius 2 is 2.00 bits per heavy atom. The number of benzene rings is 1. The lowest BCUT2D eigenvalue weighted by atomic mass is 9.89. The van der Waals surface area contributed by atoms with Crippen LogP contribution in [-0.4, -0.2) is 46.4 Å².